The van der Waals surface area contributed by atoms with E-state index in [4.69, 9.17) is 9.47 Å². The summed E-state index contributed by atoms with van der Waals surface area (Å²) in [4.78, 5) is 11.0. The summed E-state index contributed by atoms with van der Waals surface area (Å²) in [5, 5.41) is 7.82. The van der Waals surface area contributed by atoms with Crippen molar-refractivity contribution in [1.29, 1.82) is 0 Å². The fraction of sp³-hybridized carbons (Fsp3) is 0.458. The number of nitrogens with one attached hydrogen (secondary N) is 1. The van der Waals surface area contributed by atoms with Crippen molar-refractivity contribution in [2.75, 3.05) is 45.4 Å². The highest BCUT2D eigenvalue weighted by Gasteiger charge is 2.30. The molecule has 36 heavy (non-hydrogen) atoms. The number of hydrogen-bond acceptors (Lipinski definition) is 7. The van der Waals surface area contributed by atoms with Gasteiger partial charge >= 0.3 is 0 Å². The first-order chi connectivity index (χ1) is 17.6. The number of alkyl halides is 1. The van der Waals surface area contributed by atoms with Crippen LogP contribution in [0.3, 0.4) is 0 Å². The molecule has 2 aliphatic heterocycles. The van der Waals surface area contributed by atoms with E-state index in [0.717, 1.165) is 39.1 Å². The van der Waals surface area contributed by atoms with Crippen LogP contribution < -0.4 is 10.1 Å². The zero-order valence-electron chi connectivity index (χ0n) is 19.8. The van der Waals surface area contributed by atoms with Crippen LogP contribution in [0.2, 0.25) is 0 Å². The summed E-state index contributed by atoms with van der Waals surface area (Å²) in [6.45, 7) is 2.90. The van der Waals surface area contributed by atoms with Crippen molar-refractivity contribution in [3.05, 3.63) is 36.3 Å². The highest BCUT2D eigenvalue weighted by molar-refractivity contribution is 5.90. The van der Waals surface area contributed by atoms with Gasteiger partial charge < -0.3 is 19.4 Å². The standard InChI is InChI=1S/C24H26F3N7O2/c1-35-23-22-20(14-8-17(26)21-19(9-14)33(7-4-25)13-28-21)18(27)10-34(22)31-24(30-23)29-15-2-5-32(6-3-15)16-11-36-12-16/h8-10,13,15-16H,2-7,11-12H2,1H3,(H,29,31). The maximum Gasteiger partial charge on any atom is 0.244 e. The quantitative estimate of drug-likeness (QED) is 0.416. The van der Waals surface area contributed by atoms with Crippen LogP contribution >= 0.6 is 0 Å². The zero-order valence-corrected chi connectivity index (χ0v) is 19.8. The lowest BCUT2D eigenvalue weighted by molar-refractivity contribution is -0.0705. The molecule has 3 aromatic heterocycles. The van der Waals surface area contributed by atoms with E-state index >= 15 is 4.39 Å². The number of rotatable bonds is 7. The van der Waals surface area contributed by atoms with E-state index in [-0.39, 0.29) is 40.6 Å². The van der Waals surface area contributed by atoms with Crippen LogP contribution in [0.4, 0.5) is 19.1 Å². The molecule has 0 spiro atoms. The molecule has 0 radical (unpaired) electrons. The number of anilines is 1. The molecule has 0 amide bonds. The van der Waals surface area contributed by atoms with Crippen molar-refractivity contribution < 1.29 is 22.6 Å². The van der Waals surface area contributed by atoms with E-state index in [1.54, 1.807) is 6.07 Å². The number of ether oxygens (including phenoxy) is 2. The Morgan fingerprint density at radius 1 is 1.17 bits per heavy atom. The summed E-state index contributed by atoms with van der Waals surface area (Å²) < 4.78 is 56.7. The average molecular weight is 502 g/mol. The predicted octanol–water partition coefficient (Wildman–Crippen LogP) is 3.28. The lowest BCUT2D eigenvalue weighted by Gasteiger charge is -2.41. The largest absolute Gasteiger partial charge is 0.479 e. The number of halogens is 3. The smallest absolute Gasteiger partial charge is 0.244 e. The number of hydrogen-bond donors (Lipinski definition) is 1. The van der Waals surface area contributed by atoms with Crippen molar-refractivity contribution >= 4 is 22.5 Å². The number of methoxy groups -OCH3 is 1. The fourth-order valence-electron chi connectivity index (χ4n) is 5.06. The lowest BCUT2D eigenvalue weighted by atomic mass is 10.0. The van der Waals surface area contributed by atoms with Gasteiger partial charge in [0.15, 0.2) is 11.6 Å². The highest BCUT2D eigenvalue weighted by Crippen LogP contribution is 2.36. The molecule has 4 aromatic rings. The number of nitrogens with zero attached hydrogens (tertiary/aromatic N) is 6. The van der Waals surface area contributed by atoms with E-state index in [1.165, 1.54) is 34.8 Å². The average Bonchev–Trinajstić information content (AvgIpc) is 3.39. The van der Waals surface area contributed by atoms with Crippen LogP contribution in [-0.2, 0) is 11.3 Å². The highest BCUT2D eigenvalue weighted by atomic mass is 19.1. The van der Waals surface area contributed by atoms with Gasteiger partial charge in [0.1, 0.15) is 17.7 Å². The van der Waals surface area contributed by atoms with Gasteiger partial charge in [-0.05, 0) is 30.5 Å². The monoisotopic (exact) mass is 501 g/mol. The number of likely N-dealkylation sites (tertiary alicyclic amines) is 1. The Kier molecular flexibility index (Phi) is 5.92. The Morgan fingerprint density at radius 3 is 2.67 bits per heavy atom. The van der Waals surface area contributed by atoms with E-state index < -0.39 is 18.3 Å². The number of aryl methyl sites for hydroxylation is 1. The molecule has 5 heterocycles. The van der Waals surface area contributed by atoms with Crippen LogP contribution in [0.15, 0.2) is 24.7 Å². The van der Waals surface area contributed by atoms with Crippen LogP contribution in [0, 0.1) is 11.6 Å². The second kappa shape index (κ2) is 9.25. The molecule has 190 valence electrons. The second-order valence-corrected chi connectivity index (χ2v) is 9.19. The Morgan fingerprint density at radius 2 is 1.97 bits per heavy atom. The van der Waals surface area contributed by atoms with Crippen LogP contribution in [0.25, 0.3) is 27.7 Å². The van der Waals surface area contributed by atoms with Crippen LogP contribution in [-0.4, -0.2) is 81.2 Å². The van der Waals surface area contributed by atoms with Gasteiger partial charge in [-0.3, -0.25) is 4.90 Å². The van der Waals surface area contributed by atoms with Gasteiger partial charge in [-0.15, -0.1) is 5.10 Å². The molecule has 2 fully saturated rings. The lowest BCUT2D eigenvalue weighted by Crippen LogP contribution is -2.53. The van der Waals surface area contributed by atoms with Gasteiger partial charge in [0.05, 0.1) is 56.5 Å². The molecule has 1 N–H and O–H groups in total. The molecule has 12 heteroatoms. The van der Waals surface area contributed by atoms with Crippen LogP contribution in [0.1, 0.15) is 12.8 Å². The fourth-order valence-corrected chi connectivity index (χ4v) is 5.06. The summed E-state index contributed by atoms with van der Waals surface area (Å²) in [5.74, 6) is -0.745. The molecular weight excluding hydrogens is 475 g/mol. The topological polar surface area (TPSA) is 81.7 Å². The Balaban J connectivity index is 1.33. The molecule has 2 saturated heterocycles. The van der Waals surface area contributed by atoms with E-state index in [0.29, 0.717) is 17.5 Å². The van der Waals surface area contributed by atoms with Crippen molar-refractivity contribution in [3.63, 3.8) is 0 Å². The third-order valence-electron chi connectivity index (χ3n) is 7.04. The van der Waals surface area contributed by atoms with Crippen molar-refractivity contribution in [3.8, 4) is 17.0 Å². The minimum absolute atomic E-state index is 0.0210. The molecule has 0 unspecified atom stereocenters. The van der Waals surface area contributed by atoms with E-state index in [2.05, 4.69) is 25.3 Å². The third kappa shape index (κ3) is 3.94. The van der Waals surface area contributed by atoms with Crippen molar-refractivity contribution in [2.24, 2.45) is 0 Å². The zero-order chi connectivity index (χ0) is 24.8. The Bertz CT molecular complexity index is 1410. The first-order valence-corrected chi connectivity index (χ1v) is 12.0. The third-order valence-corrected chi connectivity index (χ3v) is 7.04. The Labute approximate surface area is 204 Å². The van der Waals surface area contributed by atoms with Crippen LogP contribution in [0.5, 0.6) is 5.88 Å². The molecule has 9 nitrogen and oxygen atoms in total. The summed E-state index contributed by atoms with van der Waals surface area (Å²) in [6, 6.07) is 3.49. The summed E-state index contributed by atoms with van der Waals surface area (Å²) in [5.41, 5.74) is 1.11. The molecular formula is C24H26F3N7O2. The molecule has 0 saturated carbocycles. The Hall–Kier alpha value is -3.38. The number of fused-ring (bicyclic) bond motifs is 2. The molecule has 6 rings (SSSR count). The summed E-state index contributed by atoms with van der Waals surface area (Å²) >= 11 is 0. The molecule has 0 bridgehead atoms. The number of piperidine rings is 1. The van der Waals surface area contributed by atoms with Gasteiger partial charge in [0.25, 0.3) is 0 Å². The van der Waals surface area contributed by atoms with Gasteiger partial charge in [-0.1, -0.05) is 0 Å². The predicted molar refractivity (Wildman–Crippen MR) is 127 cm³/mol. The summed E-state index contributed by atoms with van der Waals surface area (Å²) in [7, 11) is 1.44. The maximum atomic E-state index is 15.3. The molecule has 1 aromatic carbocycles. The molecule has 0 aliphatic carbocycles. The molecule has 0 atom stereocenters. The second-order valence-electron chi connectivity index (χ2n) is 9.19. The van der Waals surface area contributed by atoms with Gasteiger partial charge in [0, 0.05) is 19.1 Å². The summed E-state index contributed by atoms with van der Waals surface area (Å²) in [6.07, 6.45) is 4.45. The van der Waals surface area contributed by atoms with Crippen molar-refractivity contribution in [1.82, 2.24) is 29.0 Å². The number of imidazole rings is 1. The number of benzene rings is 1. The SMILES string of the molecule is COc1nc(NC2CCN(C3COC3)CC2)nn2cc(F)c(-c3cc(F)c4ncn(CCF)c4c3)c12. The maximum absolute atomic E-state index is 15.3. The van der Waals surface area contributed by atoms with E-state index in [1.807, 2.05) is 0 Å². The molecule has 2 aliphatic rings. The minimum Gasteiger partial charge on any atom is -0.479 e. The first-order valence-electron chi connectivity index (χ1n) is 12.0. The first kappa shape index (κ1) is 23.0. The minimum atomic E-state index is -0.633. The number of aromatic nitrogens is 5. The van der Waals surface area contributed by atoms with Gasteiger partial charge in [-0.25, -0.2) is 22.7 Å². The van der Waals surface area contributed by atoms with Gasteiger partial charge in [-0.2, -0.15) is 4.98 Å². The van der Waals surface area contributed by atoms with E-state index in [9.17, 15) is 8.78 Å². The van der Waals surface area contributed by atoms with Crippen molar-refractivity contribution in [2.45, 2.75) is 31.5 Å². The normalized spacial score (nSPS) is 17.7. The van der Waals surface area contributed by atoms with Gasteiger partial charge in [0.2, 0.25) is 11.8 Å².